The summed E-state index contributed by atoms with van der Waals surface area (Å²) in [5.41, 5.74) is 4.70. The van der Waals surface area contributed by atoms with Crippen molar-refractivity contribution in [3.05, 3.63) is 23.6 Å². The zero-order chi connectivity index (χ0) is 56.4. The number of quaternary nitrogens is 1. The molecule has 8 fully saturated rings. The van der Waals surface area contributed by atoms with Crippen molar-refractivity contribution >= 4 is 39.0 Å². The first kappa shape index (κ1) is 59.9. The van der Waals surface area contributed by atoms with Crippen LogP contribution in [0.1, 0.15) is 200 Å². The number of nitrogens with zero attached hydrogens (tertiary/aromatic N) is 9. The van der Waals surface area contributed by atoms with Crippen LogP contribution in [0.2, 0.25) is 0 Å². The van der Waals surface area contributed by atoms with Gasteiger partial charge in [-0.15, -0.1) is 24.7 Å². The van der Waals surface area contributed by atoms with Crippen LogP contribution in [0.3, 0.4) is 0 Å². The molecular weight excluding hydrogens is 1050 g/mol. The maximum Gasteiger partial charge on any atom is 0.418 e. The normalized spacial score (nSPS) is 27.5. The molecule has 2 spiro atoms. The lowest BCUT2D eigenvalue weighted by Crippen LogP contribution is -2.50. The molecule has 4 aliphatic heterocycles. The zero-order valence-electron chi connectivity index (χ0n) is 46.7. The number of fused-ring (bicyclic) bond motifs is 6. The first-order valence-corrected chi connectivity index (χ1v) is 31.3. The van der Waals surface area contributed by atoms with Gasteiger partial charge in [-0.2, -0.15) is 22.8 Å². The summed E-state index contributed by atoms with van der Waals surface area (Å²) in [5, 5.41) is 20.9. The fraction of sp³-hybridized carbons (Fsp3) is 0.863. The smallest absolute Gasteiger partial charge is 0.418 e. The highest BCUT2D eigenvalue weighted by Gasteiger charge is 2.66. The molecule has 4 saturated carbocycles. The molecule has 2 aromatic rings. The average Bonchev–Trinajstić information content (AvgIpc) is 4.22. The molecule has 4 aliphatic carbocycles. The third kappa shape index (κ3) is 14.6. The van der Waals surface area contributed by atoms with E-state index in [1.165, 1.54) is 91.8 Å². The Bertz CT molecular complexity index is 2570. The van der Waals surface area contributed by atoms with Crippen molar-refractivity contribution < 1.29 is 66.9 Å². The fourth-order valence-corrected chi connectivity index (χ4v) is 13.4. The van der Waals surface area contributed by atoms with Crippen molar-refractivity contribution in [1.29, 1.82) is 0 Å². The third-order valence-electron chi connectivity index (χ3n) is 17.3. The van der Waals surface area contributed by atoms with E-state index >= 15 is 0 Å². The number of nitrogens with two attached hydrogens (primary N) is 1. The molecule has 4 N–H and O–H groups in total. The molecule has 0 aromatic carbocycles. The number of hydrogen-bond donors (Lipinski definition) is 3. The fourth-order valence-electron chi connectivity index (χ4n) is 12.6. The molecule has 8 aliphatic rings. The second kappa shape index (κ2) is 24.1. The van der Waals surface area contributed by atoms with Gasteiger partial charge in [0, 0.05) is 38.0 Å². The first-order valence-electron chi connectivity index (χ1n) is 28.6. The monoisotopic (exact) mass is 1140 g/mol. The van der Waals surface area contributed by atoms with Crippen molar-refractivity contribution in [1.82, 2.24) is 45.6 Å². The van der Waals surface area contributed by atoms with Crippen LogP contribution >= 0.6 is 0 Å². The lowest BCUT2D eigenvalue weighted by atomic mass is 9.78. The van der Waals surface area contributed by atoms with E-state index in [0.29, 0.717) is 66.8 Å². The van der Waals surface area contributed by atoms with Gasteiger partial charge in [0.2, 0.25) is 34.0 Å². The standard InChI is InChI=1S/C20H29N5O8S.C16H36N.C15H21N5O6S/c1-19(2,3)32-17(26)21-12-6-11(7-12)8-15-22-23-16(31-15)13-9-20(4-5-20)14-10-24(13)18(27)25(14)33-34(28,29)30;1-5-9-13-17(14-10-6-2,15-11-7-3)16-12-8-4;16-9-3-8(4-9)5-12-17-18-13(25-12)10-6-15(1-2-15)11-7-19(10)14(21)20(11)26-27(22,23)24/h11-14H,4-10H2,1-3H3,(H,21,26)(H,28,29,30);5-16H2,1-4H3;8-11H,1-7,16H2,(H,22,23,24)/q;+1;/p-1/t11?,12?,13-,14-;;8?,9?,10-,11-/m0.0/s1. The molecule has 0 radical (unpaired) electrons. The van der Waals surface area contributed by atoms with Gasteiger partial charge in [0.05, 0.1) is 38.3 Å². The molecular formula is C51H85N11O14S2. The Morgan fingerprint density at radius 2 is 1.13 bits per heavy atom. The van der Waals surface area contributed by atoms with Crippen LogP contribution in [-0.2, 0) is 46.9 Å². The number of aromatic nitrogens is 4. The minimum Gasteiger partial charge on any atom is -0.724 e. The van der Waals surface area contributed by atoms with Crippen molar-refractivity contribution in [2.24, 2.45) is 28.4 Å². The van der Waals surface area contributed by atoms with E-state index in [9.17, 15) is 35.8 Å². The van der Waals surface area contributed by atoms with Gasteiger partial charge < -0.3 is 43.5 Å². The summed E-state index contributed by atoms with van der Waals surface area (Å²) in [6, 6.07) is -2.84. The minimum absolute atomic E-state index is 0.0396. The minimum atomic E-state index is -5.07. The van der Waals surface area contributed by atoms with E-state index in [0.717, 1.165) is 56.4 Å². The van der Waals surface area contributed by atoms with E-state index in [1.807, 2.05) is 20.8 Å². The Morgan fingerprint density at radius 3 is 1.49 bits per heavy atom. The predicted molar refractivity (Wildman–Crippen MR) is 279 cm³/mol. The van der Waals surface area contributed by atoms with Crippen LogP contribution in [0, 0.1) is 22.7 Å². The largest absolute Gasteiger partial charge is 0.724 e. The number of urea groups is 2. The summed E-state index contributed by atoms with van der Waals surface area (Å²) in [5.74, 6) is 2.36. The second-order valence-corrected chi connectivity index (χ2v) is 26.6. The third-order valence-corrected chi connectivity index (χ3v) is 18.0. The van der Waals surface area contributed by atoms with Crippen LogP contribution in [0.25, 0.3) is 0 Å². The highest BCUT2D eigenvalue weighted by Crippen LogP contribution is 2.63. The van der Waals surface area contributed by atoms with E-state index < -0.39 is 68.7 Å². The number of carbonyl (C=O) groups excluding carboxylic acids is 3. The van der Waals surface area contributed by atoms with E-state index in [-0.39, 0.29) is 35.4 Å². The number of hydroxylamine groups is 4. The van der Waals surface area contributed by atoms with Crippen LogP contribution in [0.15, 0.2) is 8.83 Å². The molecule has 4 saturated heterocycles. The Hall–Kier alpha value is -4.25. The SMILES string of the molecule is CC(C)(C)OC(=O)NC1CC(Cc2nnc([C@@H]3CC4(CC4)[C@@H]4CN3C(=O)N4OS(=O)(=O)[O-])o2)C1.CCCC[N+](CCCC)(CCCC)CCCC.NC1CC(Cc2nnc([C@@H]3CC4(CC4)[C@@H]4CN3C(=O)N4OS(=O)(=O)O)o2)C1. The van der Waals surface area contributed by atoms with Gasteiger partial charge in [-0.05, 0) is 133 Å². The molecule has 4 atom stereocenters. The Morgan fingerprint density at radius 1 is 0.718 bits per heavy atom. The summed E-state index contributed by atoms with van der Waals surface area (Å²) in [7, 11) is -9.85. The molecule has 0 unspecified atom stereocenters. The molecule has 2 aromatic heterocycles. The van der Waals surface area contributed by atoms with E-state index in [4.69, 9.17) is 23.9 Å². The van der Waals surface area contributed by atoms with Crippen molar-refractivity contribution in [2.45, 2.75) is 219 Å². The number of carbonyl (C=O) groups is 3. The van der Waals surface area contributed by atoms with Crippen molar-refractivity contribution in [3.8, 4) is 0 Å². The number of rotatable bonds is 23. The lowest BCUT2D eigenvalue weighted by molar-refractivity contribution is -0.929. The molecule has 440 valence electrons. The molecule has 78 heavy (non-hydrogen) atoms. The maximum atomic E-state index is 12.8. The van der Waals surface area contributed by atoms with Crippen LogP contribution in [0.4, 0.5) is 14.4 Å². The molecule has 27 heteroatoms. The molecule has 6 heterocycles. The van der Waals surface area contributed by atoms with Gasteiger partial charge in [0.1, 0.15) is 17.7 Å². The topological polar surface area (TPSA) is 319 Å². The summed E-state index contributed by atoms with van der Waals surface area (Å²) < 4.78 is 92.1. The summed E-state index contributed by atoms with van der Waals surface area (Å²) in [4.78, 5) is 40.3. The van der Waals surface area contributed by atoms with Gasteiger partial charge in [0.25, 0.3) is 0 Å². The first-order chi connectivity index (χ1) is 36.8. The van der Waals surface area contributed by atoms with Gasteiger partial charge in [-0.3, -0.25) is 4.55 Å². The number of amides is 5. The highest BCUT2D eigenvalue weighted by molar-refractivity contribution is 7.81. The Labute approximate surface area is 459 Å². The Balaban J connectivity index is 0.000000164. The number of ether oxygens (including phenoxy) is 1. The summed E-state index contributed by atoms with van der Waals surface area (Å²) in [6.07, 6.45) is 19.7. The summed E-state index contributed by atoms with van der Waals surface area (Å²) >= 11 is 0. The molecule has 25 nitrogen and oxygen atoms in total. The zero-order valence-corrected chi connectivity index (χ0v) is 48.3. The average molecular weight is 1140 g/mol. The van der Waals surface area contributed by atoms with Gasteiger partial charge in [0.15, 0.2) is 0 Å². The van der Waals surface area contributed by atoms with Crippen LogP contribution in [0.5, 0.6) is 0 Å². The van der Waals surface area contributed by atoms with Gasteiger partial charge >= 0.3 is 28.6 Å². The quantitative estimate of drug-likeness (QED) is 0.0569. The van der Waals surface area contributed by atoms with Crippen molar-refractivity contribution in [3.63, 3.8) is 0 Å². The van der Waals surface area contributed by atoms with Gasteiger partial charge in [-0.25, -0.2) is 22.8 Å². The number of piperidine rings is 2. The Kier molecular flexibility index (Phi) is 18.5. The number of unbranched alkanes of at least 4 members (excludes halogenated alkanes) is 4. The molecule has 10 rings (SSSR count). The summed E-state index contributed by atoms with van der Waals surface area (Å²) in [6.45, 7) is 21.0. The molecule has 4 bridgehead atoms. The molecule has 5 amide bonds. The second-order valence-electron chi connectivity index (χ2n) is 24.6. The van der Waals surface area contributed by atoms with Crippen LogP contribution < -0.4 is 11.1 Å². The van der Waals surface area contributed by atoms with Crippen LogP contribution in [-0.4, -0.2) is 158 Å². The van der Waals surface area contributed by atoms with Gasteiger partial charge in [-0.1, -0.05) is 53.4 Å². The predicted octanol–water partition coefficient (Wildman–Crippen LogP) is 7.06. The lowest BCUT2D eigenvalue weighted by Gasteiger charge is -2.39. The number of hydrogen-bond acceptors (Lipinski definition) is 18. The van der Waals surface area contributed by atoms with Crippen molar-refractivity contribution in [2.75, 3.05) is 39.3 Å². The number of alkyl carbamates (subject to hydrolysis) is 1. The number of nitrogens with one attached hydrogen (secondary N) is 1. The van der Waals surface area contributed by atoms with E-state index in [1.54, 1.807) is 0 Å². The maximum absolute atomic E-state index is 12.8. The highest BCUT2D eigenvalue weighted by atomic mass is 32.3. The van der Waals surface area contributed by atoms with E-state index in [2.05, 4.69) is 62.0 Å².